The predicted molar refractivity (Wildman–Crippen MR) is 124 cm³/mol. The third-order valence-electron chi connectivity index (χ3n) is 6.10. The average Bonchev–Trinajstić information content (AvgIpc) is 3.45. The number of piperazine rings is 1. The lowest BCUT2D eigenvalue weighted by molar-refractivity contribution is 0.313. The second kappa shape index (κ2) is 8.88. The fraction of sp³-hybridized carbons (Fsp3) is 0.435. The van der Waals surface area contributed by atoms with Crippen molar-refractivity contribution in [2.24, 2.45) is 0 Å². The van der Waals surface area contributed by atoms with Crippen molar-refractivity contribution >= 4 is 22.4 Å². The summed E-state index contributed by atoms with van der Waals surface area (Å²) < 4.78 is 14.7. The highest BCUT2D eigenvalue weighted by Crippen LogP contribution is 2.40. The zero-order valence-electron chi connectivity index (χ0n) is 17.7. The van der Waals surface area contributed by atoms with Gasteiger partial charge in [-0.25, -0.2) is 19.3 Å². The van der Waals surface area contributed by atoms with Crippen molar-refractivity contribution in [3.63, 3.8) is 0 Å². The minimum absolute atomic E-state index is 0.266. The smallest absolute Gasteiger partial charge is 0.223 e. The highest BCUT2D eigenvalue weighted by Gasteiger charge is 2.24. The van der Waals surface area contributed by atoms with E-state index in [-0.39, 0.29) is 5.82 Å². The Hall–Kier alpha value is -2.58. The van der Waals surface area contributed by atoms with E-state index < -0.39 is 0 Å². The van der Waals surface area contributed by atoms with E-state index in [1.807, 2.05) is 12.1 Å². The van der Waals surface area contributed by atoms with Crippen LogP contribution in [-0.4, -0.2) is 59.1 Å². The Morgan fingerprint density at radius 3 is 2.58 bits per heavy atom. The van der Waals surface area contributed by atoms with Gasteiger partial charge in [0.2, 0.25) is 5.95 Å². The highest BCUT2D eigenvalue weighted by atomic mass is 32.1. The van der Waals surface area contributed by atoms with Crippen molar-refractivity contribution in [2.45, 2.75) is 31.7 Å². The average molecular weight is 439 g/mol. The molecule has 162 valence electrons. The number of rotatable bonds is 5. The number of nitrogens with one attached hydrogen (secondary N) is 1. The molecule has 1 saturated carbocycles. The number of hydrogen-bond acceptors (Lipinski definition) is 7. The molecule has 1 aliphatic carbocycles. The van der Waals surface area contributed by atoms with Crippen molar-refractivity contribution in [1.82, 2.24) is 19.9 Å². The summed E-state index contributed by atoms with van der Waals surface area (Å²) in [5.41, 5.74) is 1.95. The van der Waals surface area contributed by atoms with Gasteiger partial charge in [-0.15, -0.1) is 0 Å². The predicted octanol–water partition coefficient (Wildman–Crippen LogP) is 4.51. The number of benzene rings is 1. The minimum Gasteiger partial charge on any atom is -0.351 e. The van der Waals surface area contributed by atoms with E-state index in [0.717, 1.165) is 54.7 Å². The zero-order chi connectivity index (χ0) is 21.2. The summed E-state index contributed by atoms with van der Waals surface area (Å²) >= 11 is 1.59. The summed E-state index contributed by atoms with van der Waals surface area (Å²) in [6, 6.07) is 9.17. The van der Waals surface area contributed by atoms with Gasteiger partial charge < -0.3 is 15.1 Å². The Labute approximate surface area is 186 Å². The summed E-state index contributed by atoms with van der Waals surface area (Å²) in [6.07, 6.45) is 6.58. The van der Waals surface area contributed by atoms with E-state index in [2.05, 4.69) is 27.1 Å². The number of aromatic nitrogens is 3. The van der Waals surface area contributed by atoms with Crippen LogP contribution >= 0.6 is 11.3 Å². The normalized spacial score (nSPS) is 17.9. The van der Waals surface area contributed by atoms with Crippen LogP contribution in [0.4, 0.5) is 15.5 Å². The van der Waals surface area contributed by atoms with Crippen LogP contribution < -0.4 is 10.2 Å². The summed E-state index contributed by atoms with van der Waals surface area (Å²) in [5, 5.41) is 4.39. The molecule has 0 atom stereocenters. The number of likely N-dealkylation sites (N-methyl/N-ethyl adjacent to an activating group) is 1. The summed E-state index contributed by atoms with van der Waals surface area (Å²) in [6.45, 7) is 3.82. The second-order valence-corrected chi connectivity index (χ2v) is 9.31. The Balaban J connectivity index is 1.53. The molecule has 2 aliphatic rings. The molecule has 0 spiro atoms. The van der Waals surface area contributed by atoms with Gasteiger partial charge in [0.15, 0.2) is 5.13 Å². The van der Waals surface area contributed by atoms with Crippen LogP contribution in [0.2, 0.25) is 0 Å². The largest absolute Gasteiger partial charge is 0.351 e. The third-order valence-corrected chi connectivity index (χ3v) is 7.23. The van der Waals surface area contributed by atoms with Crippen LogP contribution in [-0.2, 0) is 0 Å². The molecule has 8 heteroatoms. The topological polar surface area (TPSA) is 57.2 Å². The Kier molecular flexibility index (Phi) is 5.82. The quantitative estimate of drug-likeness (QED) is 0.632. The fourth-order valence-corrected chi connectivity index (χ4v) is 5.36. The number of hydrogen-bond donors (Lipinski definition) is 1. The first-order valence-electron chi connectivity index (χ1n) is 11.0. The Bertz CT molecular complexity index is 1040. The molecule has 6 nitrogen and oxygen atoms in total. The van der Waals surface area contributed by atoms with E-state index in [4.69, 9.17) is 9.97 Å². The lowest BCUT2D eigenvalue weighted by Crippen LogP contribution is -2.44. The van der Waals surface area contributed by atoms with Crippen LogP contribution in [0.15, 0.2) is 36.5 Å². The van der Waals surface area contributed by atoms with Crippen molar-refractivity contribution in [3.05, 3.63) is 42.3 Å². The van der Waals surface area contributed by atoms with E-state index >= 15 is 0 Å². The molecule has 3 aromatic rings. The Morgan fingerprint density at radius 2 is 1.81 bits per heavy atom. The molecule has 1 aliphatic heterocycles. The number of halogens is 1. The maximum absolute atomic E-state index is 14.7. The first-order valence-corrected chi connectivity index (χ1v) is 11.8. The lowest BCUT2D eigenvalue weighted by atomic mass is 10.1. The molecule has 0 radical (unpaired) electrons. The highest BCUT2D eigenvalue weighted by molar-refractivity contribution is 7.19. The molecule has 0 bridgehead atoms. The molecule has 0 amide bonds. The van der Waals surface area contributed by atoms with Crippen LogP contribution in [0, 0.1) is 5.82 Å². The summed E-state index contributed by atoms with van der Waals surface area (Å²) in [7, 11) is 2.13. The van der Waals surface area contributed by atoms with Gasteiger partial charge in [0.25, 0.3) is 0 Å². The fourth-order valence-electron chi connectivity index (χ4n) is 4.26. The van der Waals surface area contributed by atoms with Gasteiger partial charge in [-0.3, -0.25) is 0 Å². The standard InChI is InChI=1S/C23H27FN6S/c1-29-12-14-30(15-13-29)23-28-20(17-8-4-5-9-18(17)24)21(31-23)19-10-11-25-22(27-19)26-16-6-2-3-7-16/h4-5,8-11,16H,2-3,6-7,12-15H2,1H3,(H,25,26,27). The molecule has 2 aromatic heterocycles. The van der Waals surface area contributed by atoms with Crippen LogP contribution in [0.25, 0.3) is 21.8 Å². The molecule has 1 N–H and O–H groups in total. The van der Waals surface area contributed by atoms with Gasteiger partial charge >= 0.3 is 0 Å². The summed E-state index contributed by atoms with van der Waals surface area (Å²) in [5.74, 6) is 0.371. The van der Waals surface area contributed by atoms with Gasteiger partial charge in [0.05, 0.1) is 16.3 Å². The van der Waals surface area contributed by atoms with E-state index in [1.54, 1.807) is 29.7 Å². The molecule has 1 saturated heterocycles. The van der Waals surface area contributed by atoms with Crippen molar-refractivity contribution in [1.29, 1.82) is 0 Å². The SMILES string of the molecule is CN1CCN(c2nc(-c3ccccc3F)c(-c3ccnc(NC4CCCC4)n3)s2)CC1. The van der Waals surface area contributed by atoms with Crippen molar-refractivity contribution in [2.75, 3.05) is 43.4 Å². The molecular weight excluding hydrogens is 411 g/mol. The van der Waals surface area contributed by atoms with E-state index in [0.29, 0.717) is 23.2 Å². The van der Waals surface area contributed by atoms with Gasteiger partial charge in [-0.05, 0) is 38.1 Å². The molecule has 3 heterocycles. The van der Waals surface area contributed by atoms with Crippen molar-refractivity contribution < 1.29 is 4.39 Å². The monoisotopic (exact) mass is 438 g/mol. The maximum Gasteiger partial charge on any atom is 0.223 e. The summed E-state index contributed by atoms with van der Waals surface area (Å²) in [4.78, 5) is 19.6. The molecule has 5 rings (SSSR count). The number of anilines is 2. The van der Waals surface area contributed by atoms with E-state index in [1.165, 1.54) is 18.9 Å². The molecule has 31 heavy (non-hydrogen) atoms. The van der Waals surface area contributed by atoms with Crippen molar-refractivity contribution in [3.8, 4) is 21.8 Å². The van der Waals surface area contributed by atoms with Crippen LogP contribution in [0.1, 0.15) is 25.7 Å². The number of nitrogens with zero attached hydrogens (tertiary/aromatic N) is 5. The molecule has 1 aromatic carbocycles. The van der Waals surface area contributed by atoms with Crippen LogP contribution in [0.3, 0.4) is 0 Å². The third kappa shape index (κ3) is 4.41. The van der Waals surface area contributed by atoms with Gasteiger partial charge in [-0.2, -0.15) is 0 Å². The first kappa shape index (κ1) is 20.3. The minimum atomic E-state index is -0.266. The van der Waals surface area contributed by atoms with Gasteiger partial charge in [-0.1, -0.05) is 36.3 Å². The number of thiazole rings is 1. The molecule has 2 fully saturated rings. The zero-order valence-corrected chi connectivity index (χ0v) is 18.5. The molecule has 0 unspecified atom stereocenters. The Morgan fingerprint density at radius 1 is 1.03 bits per heavy atom. The van der Waals surface area contributed by atoms with Gasteiger partial charge in [0.1, 0.15) is 5.82 Å². The van der Waals surface area contributed by atoms with Gasteiger partial charge in [0, 0.05) is 44.0 Å². The first-order chi connectivity index (χ1) is 15.2. The second-order valence-electron chi connectivity index (χ2n) is 8.34. The van der Waals surface area contributed by atoms with Crippen LogP contribution in [0.5, 0.6) is 0 Å². The lowest BCUT2D eigenvalue weighted by Gasteiger charge is -2.32. The maximum atomic E-state index is 14.7. The van der Waals surface area contributed by atoms with E-state index in [9.17, 15) is 4.39 Å². The molecular formula is C23H27FN6S.